The summed E-state index contributed by atoms with van der Waals surface area (Å²) < 4.78 is 13.2. The monoisotopic (exact) mass is 379 g/mol. The zero-order valence-corrected chi connectivity index (χ0v) is 15.5. The van der Waals surface area contributed by atoms with E-state index < -0.39 is 0 Å². The third-order valence-electron chi connectivity index (χ3n) is 3.86. The fraction of sp³-hybridized carbons (Fsp3) is 0.158. The molecule has 0 saturated heterocycles. The first kappa shape index (κ1) is 17.3. The van der Waals surface area contributed by atoms with Crippen molar-refractivity contribution in [2.75, 3.05) is 0 Å². The molecular weight excluding hydrogens is 362 g/mol. The van der Waals surface area contributed by atoms with Crippen molar-refractivity contribution >= 4 is 11.8 Å². The van der Waals surface area contributed by atoms with Crippen LogP contribution in [0.2, 0.25) is 0 Å². The normalized spacial score (nSPS) is 12.2. The fourth-order valence-corrected chi connectivity index (χ4v) is 3.45. The largest absolute Gasteiger partial charge is 0.461 e. The van der Waals surface area contributed by atoms with Crippen LogP contribution in [0, 0.1) is 0 Å². The van der Waals surface area contributed by atoms with Gasteiger partial charge in [-0.05, 0) is 31.2 Å². The average Bonchev–Trinajstić information content (AvgIpc) is 3.44. The lowest BCUT2D eigenvalue weighted by Gasteiger charge is -2.08. The predicted molar refractivity (Wildman–Crippen MR) is 102 cm³/mol. The van der Waals surface area contributed by atoms with Crippen LogP contribution in [-0.2, 0) is 6.54 Å². The number of allylic oxidation sites excluding steroid dienone is 1. The molecule has 0 aliphatic heterocycles. The standard InChI is InChI=1S/C19H17N5O2S/c1-3-11-24-16(15-10-7-12-25-15)20-23-19(24)27-13(2)17-21-22-18(26-17)14-8-5-4-6-9-14/h3-10,12-13H,1,11H2,2H3. The lowest BCUT2D eigenvalue weighted by Crippen LogP contribution is -2.01. The summed E-state index contributed by atoms with van der Waals surface area (Å²) in [4.78, 5) is 0. The number of benzene rings is 1. The van der Waals surface area contributed by atoms with Gasteiger partial charge in [-0.2, -0.15) is 0 Å². The molecule has 0 saturated carbocycles. The van der Waals surface area contributed by atoms with E-state index in [1.54, 1.807) is 12.3 Å². The number of hydrogen-bond acceptors (Lipinski definition) is 7. The van der Waals surface area contributed by atoms with Crippen LogP contribution in [0.5, 0.6) is 0 Å². The molecule has 7 nitrogen and oxygen atoms in total. The van der Waals surface area contributed by atoms with Gasteiger partial charge in [-0.1, -0.05) is 36.0 Å². The highest BCUT2D eigenvalue weighted by Crippen LogP contribution is 2.35. The highest BCUT2D eigenvalue weighted by atomic mass is 32.2. The molecule has 0 fully saturated rings. The van der Waals surface area contributed by atoms with Crippen LogP contribution in [0.3, 0.4) is 0 Å². The topological polar surface area (TPSA) is 82.8 Å². The Bertz CT molecular complexity index is 1020. The van der Waals surface area contributed by atoms with E-state index in [0.29, 0.717) is 29.9 Å². The third kappa shape index (κ3) is 3.56. The van der Waals surface area contributed by atoms with Gasteiger partial charge in [-0.15, -0.1) is 27.0 Å². The van der Waals surface area contributed by atoms with Crippen molar-refractivity contribution in [2.24, 2.45) is 0 Å². The van der Waals surface area contributed by atoms with Crippen LogP contribution in [0.25, 0.3) is 23.0 Å². The first-order valence-corrected chi connectivity index (χ1v) is 9.27. The molecule has 1 aromatic carbocycles. The molecule has 0 radical (unpaired) electrons. The van der Waals surface area contributed by atoms with Gasteiger partial charge in [0.1, 0.15) is 0 Å². The molecule has 4 rings (SSSR count). The Morgan fingerprint density at radius 1 is 1.11 bits per heavy atom. The minimum absolute atomic E-state index is 0.0906. The molecule has 0 N–H and O–H groups in total. The van der Waals surface area contributed by atoms with Gasteiger partial charge in [0, 0.05) is 12.1 Å². The summed E-state index contributed by atoms with van der Waals surface area (Å²) in [7, 11) is 0. The molecule has 136 valence electrons. The van der Waals surface area contributed by atoms with Crippen LogP contribution in [0.15, 0.2) is 75.4 Å². The average molecular weight is 379 g/mol. The SMILES string of the molecule is C=CCn1c(SC(C)c2nnc(-c3ccccc3)o2)nnc1-c1ccco1. The number of nitrogens with zero attached hydrogens (tertiary/aromatic N) is 5. The Morgan fingerprint density at radius 3 is 2.70 bits per heavy atom. The Hall–Kier alpha value is -3.13. The van der Waals surface area contributed by atoms with E-state index in [-0.39, 0.29) is 5.25 Å². The molecule has 0 aliphatic carbocycles. The van der Waals surface area contributed by atoms with Crippen molar-refractivity contribution in [1.82, 2.24) is 25.0 Å². The molecule has 4 aromatic rings. The molecule has 1 unspecified atom stereocenters. The lowest BCUT2D eigenvalue weighted by molar-refractivity contribution is 0.508. The van der Waals surface area contributed by atoms with E-state index >= 15 is 0 Å². The lowest BCUT2D eigenvalue weighted by atomic mass is 10.2. The van der Waals surface area contributed by atoms with E-state index in [1.165, 1.54) is 11.8 Å². The molecule has 3 aromatic heterocycles. The highest BCUT2D eigenvalue weighted by Gasteiger charge is 2.22. The van der Waals surface area contributed by atoms with Gasteiger partial charge in [0.15, 0.2) is 10.9 Å². The second-order valence-corrected chi connectivity index (χ2v) is 7.06. The van der Waals surface area contributed by atoms with Crippen molar-refractivity contribution < 1.29 is 8.83 Å². The maximum atomic E-state index is 5.84. The van der Waals surface area contributed by atoms with Gasteiger partial charge in [0.2, 0.25) is 17.6 Å². The van der Waals surface area contributed by atoms with Gasteiger partial charge < -0.3 is 8.83 Å². The zero-order valence-electron chi connectivity index (χ0n) is 14.6. The molecule has 3 heterocycles. The summed E-state index contributed by atoms with van der Waals surface area (Å²) in [6, 6.07) is 13.4. The van der Waals surface area contributed by atoms with Gasteiger partial charge in [-0.25, -0.2) is 0 Å². The van der Waals surface area contributed by atoms with E-state index in [4.69, 9.17) is 8.83 Å². The molecule has 0 bridgehead atoms. The summed E-state index contributed by atoms with van der Waals surface area (Å²) in [5, 5.41) is 17.5. The van der Waals surface area contributed by atoms with Crippen LogP contribution in [0.1, 0.15) is 18.1 Å². The molecule has 0 aliphatic rings. The zero-order chi connectivity index (χ0) is 18.6. The van der Waals surface area contributed by atoms with E-state index in [9.17, 15) is 0 Å². The van der Waals surface area contributed by atoms with Crippen molar-refractivity contribution in [3.05, 3.63) is 67.3 Å². The molecule has 1 atom stereocenters. The number of thioether (sulfide) groups is 1. The van der Waals surface area contributed by atoms with E-state index in [1.807, 2.05) is 54.0 Å². The minimum Gasteiger partial charge on any atom is -0.461 e. The second kappa shape index (κ2) is 7.63. The quantitative estimate of drug-likeness (QED) is 0.342. The van der Waals surface area contributed by atoms with Crippen LogP contribution in [0.4, 0.5) is 0 Å². The van der Waals surface area contributed by atoms with Crippen molar-refractivity contribution in [3.8, 4) is 23.0 Å². The van der Waals surface area contributed by atoms with Crippen LogP contribution < -0.4 is 0 Å². The van der Waals surface area contributed by atoms with E-state index in [0.717, 1.165) is 10.7 Å². The van der Waals surface area contributed by atoms with Gasteiger partial charge in [0.05, 0.1) is 11.5 Å². The maximum absolute atomic E-state index is 5.84. The summed E-state index contributed by atoms with van der Waals surface area (Å²) in [6.07, 6.45) is 3.41. The van der Waals surface area contributed by atoms with Gasteiger partial charge >= 0.3 is 0 Å². The Morgan fingerprint density at radius 2 is 1.96 bits per heavy atom. The molecular formula is C19H17N5O2S. The number of hydrogen-bond donors (Lipinski definition) is 0. The maximum Gasteiger partial charge on any atom is 0.247 e. The van der Waals surface area contributed by atoms with Crippen molar-refractivity contribution in [3.63, 3.8) is 0 Å². The number of aromatic nitrogens is 5. The second-order valence-electron chi connectivity index (χ2n) is 5.75. The molecule has 0 spiro atoms. The molecule has 8 heteroatoms. The molecule has 0 amide bonds. The Kier molecular flexibility index (Phi) is 4.88. The number of rotatable bonds is 7. The van der Waals surface area contributed by atoms with Gasteiger partial charge in [-0.3, -0.25) is 4.57 Å². The Labute approximate surface area is 160 Å². The van der Waals surface area contributed by atoms with Crippen LogP contribution in [-0.4, -0.2) is 25.0 Å². The summed E-state index contributed by atoms with van der Waals surface area (Å²) in [5.74, 6) is 2.35. The smallest absolute Gasteiger partial charge is 0.247 e. The van der Waals surface area contributed by atoms with Crippen molar-refractivity contribution in [2.45, 2.75) is 23.9 Å². The Balaban J connectivity index is 1.57. The summed E-state index contributed by atoms with van der Waals surface area (Å²) >= 11 is 1.49. The first-order valence-electron chi connectivity index (χ1n) is 8.39. The fourth-order valence-electron chi connectivity index (χ4n) is 2.56. The minimum atomic E-state index is -0.0906. The van der Waals surface area contributed by atoms with Crippen molar-refractivity contribution in [1.29, 1.82) is 0 Å². The summed E-state index contributed by atoms with van der Waals surface area (Å²) in [6.45, 7) is 6.38. The van der Waals surface area contributed by atoms with Crippen LogP contribution >= 0.6 is 11.8 Å². The number of furan rings is 1. The van der Waals surface area contributed by atoms with Gasteiger partial charge in [0.25, 0.3) is 0 Å². The third-order valence-corrected chi connectivity index (χ3v) is 4.93. The predicted octanol–water partition coefficient (Wildman–Crippen LogP) is 4.63. The highest BCUT2D eigenvalue weighted by molar-refractivity contribution is 7.99. The first-order chi connectivity index (χ1) is 13.3. The van der Waals surface area contributed by atoms with E-state index in [2.05, 4.69) is 27.0 Å². The summed E-state index contributed by atoms with van der Waals surface area (Å²) in [5.41, 5.74) is 0.892. The molecule has 27 heavy (non-hydrogen) atoms.